The molecule has 3 rings (SSSR count). The fraction of sp³-hybridized carbons (Fsp3) is 0. The fourth-order valence-corrected chi connectivity index (χ4v) is 3.47. The van der Waals surface area contributed by atoms with Crippen LogP contribution in [0.25, 0.3) is 5.31 Å². The third kappa shape index (κ3) is 4.14. The predicted octanol–water partition coefficient (Wildman–Crippen LogP) is 6.28. The second-order valence-corrected chi connectivity index (χ2v) is 6.28. The van der Waals surface area contributed by atoms with Crippen molar-refractivity contribution in [3.63, 3.8) is 0 Å². The van der Waals surface area contributed by atoms with E-state index in [9.17, 15) is 0 Å². The zero-order chi connectivity index (χ0) is 16.6. The van der Waals surface area contributed by atoms with Gasteiger partial charge in [0.15, 0.2) is 0 Å². The molecule has 0 saturated carbocycles. The van der Waals surface area contributed by atoms with Gasteiger partial charge in [-0.05, 0) is 29.8 Å². The zero-order valence-corrected chi connectivity index (χ0v) is 14.0. The van der Waals surface area contributed by atoms with E-state index in [1.807, 2.05) is 91.0 Å². The first-order valence-electron chi connectivity index (χ1n) is 7.58. The Labute approximate surface area is 143 Å². The topological polar surface area (TPSA) is 18.5 Å². The monoisotopic (exact) mass is 332 g/mol. The molecule has 0 saturated heterocycles. The molecule has 0 radical (unpaired) electrons. The Bertz CT molecular complexity index is 769. The van der Waals surface area contributed by atoms with Gasteiger partial charge in [0.25, 0.3) is 0 Å². The van der Waals surface area contributed by atoms with E-state index < -0.39 is 8.38 Å². The summed E-state index contributed by atoms with van der Waals surface area (Å²) in [7, 11) is -1.41. The number of para-hydroxylation sites is 2. The van der Waals surface area contributed by atoms with E-state index in [-0.39, 0.29) is 0 Å². The molecule has 0 aromatic heterocycles. The SMILES string of the molecule is C=C=C(c1ccccc1)P(Oc1ccccc1)Oc1ccccc1. The maximum Gasteiger partial charge on any atom is 0.335 e. The average Bonchev–Trinajstić information content (AvgIpc) is 2.65. The molecule has 0 heterocycles. The summed E-state index contributed by atoms with van der Waals surface area (Å²) in [5.41, 5.74) is 4.00. The molecule has 0 N–H and O–H groups in total. The van der Waals surface area contributed by atoms with Gasteiger partial charge in [0.05, 0.1) is 0 Å². The summed E-state index contributed by atoms with van der Waals surface area (Å²) in [4.78, 5) is 0. The van der Waals surface area contributed by atoms with Crippen LogP contribution in [0.3, 0.4) is 0 Å². The fourth-order valence-electron chi connectivity index (χ4n) is 2.13. The van der Waals surface area contributed by atoms with Crippen LogP contribution in [0.4, 0.5) is 0 Å². The van der Waals surface area contributed by atoms with Crippen molar-refractivity contribution in [2.24, 2.45) is 0 Å². The van der Waals surface area contributed by atoms with Crippen LogP contribution in [0, 0.1) is 0 Å². The Morgan fingerprint density at radius 2 is 1.08 bits per heavy atom. The molecule has 118 valence electrons. The van der Waals surface area contributed by atoms with E-state index in [4.69, 9.17) is 9.05 Å². The van der Waals surface area contributed by atoms with Crippen molar-refractivity contribution in [3.05, 3.63) is 109 Å². The van der Waals surface area contributed by atoms with Crippen LogP contribution in [0.1, 0.15) is 5.56 Å². The maximum absolute atomic E-state index is 6.13. The molecule has 0 atom stereocenters. The first-order chi connectivity index (χ1) is 11.9. The summed E-state index contributed by atoms with van der Waals surface area (Å²) in [5, 5.41) is 0.818. The molecule has 3 heteroatoms. The third-order valence-electron chi connectivity index (χ3n) is 3.26. The lowest BCUT2D eigenvalue weighted by atomic mass is 10.2. The summed E-state index contributed by atoms with van der Waals surface area (Å²) in [6, 6.07) is 29.2. The lowest BCUT2D eigenvalue weighted by Gasteiger charge is -2.20. The quantitative estimate of drug-likeness (QED) is 0.390. The third-order valence-corrected chi connectivity index (χ3v) is 4.80. The summed E-state index contributed by atoms with van der Waals surface area (Å²) < 4.78 is 12.3. The molecule has 3 aromatic rings. The predicted molar refractivity (Wildman–Crippen MR) is 100 cm³/mol. The van der Waals surface area contributed by atoms with Crippen molar-refractivity contribution in [1.82, 2.24) is 0 Å². The number of benzene rings is 3. The van der Waals surface area contributed by atoms with Crippen molar-refractivity contribution in [2.75, 3.05) is 0 Å². The second kappa shape index (κ2) is 8.17. The average molecular weight is 332 g/mol. The number of hydrogen-bond donors (Lipinski definition) is 0. The van der Waals surface area contributed by atoms with Gasteiger partial charge in [0.1, 0.15) is 16.8 Å². The molecule has 0 aliphatic rings. The summed E-state index contributed by atoms with van der Waals surface area (Å²) in [6.45, 7) is 3.84. The van der Waals surface area contributed by atoms with Gasteiger partial charge in [-0.25, -0.2) is 0 Å². The zero-order valence-electron chi connectivity index (χ0n) is 13.1. The molecule has 0 fully saturated rings. The van der Waals surface area contributed by atoms with Crippen LogP contribution in [0.15, 0.2) is 103 Å². The first-order valence-corrected chi connectivity index (χ1v) is 8.76. The normalized spacial score (nSPS) is 10.0. The highest BCUT2D eigenvalue weighted by Gasteiger charge is 2.22. The minimum atomic E-state index is -1.41. The van der Waals surface area contributed by atoms with E-state index >= 15 is 0 Å². The molecular weight excluding hydrogens is 315 g/mol. The van der Waals surface area contributed by atoms with Crippen molar-refractivity contribution in [3.8, 4) is 11.5 Å². The van der Waals surface area contributed by atoms with Gasteiger partial charge >= 0.3 is 8.38 Å². The standard InChI is InChI=1S/C21H17O2P/c1-2-21(18-12-6-3-7-13-18)24(22-19-14-8-4-9-15-19)23-20-16-10-5-11-17-20/h3-17H,1H2. The lowest BCUT2D eigenvalue weighted by molar-refractivity contribution is 0.503. The second-order valence-electron chi connectivity index (χ2n) is 4.96. The van der Waals surface area contributed by atoms with Crippen molar-refractivity contribution in [1.29, 1.82) is 0 Å². The number of rotatable bonds is 6. The molecule has 0 aliphatic heterocycles. The largest absolute Gasteiger partial charge is 0.435 e. The highest BCUT2D eigenvalue weighted by Crippen LogP contribution is 2.51. The molecule has 24 heavy (non-hydrogen) atoms. The molecule has 0 aliphatic carbocycles. The molecule has 0 unspecified atom stereocenters. The van der Waals surface area contributed by atoms with Gasteiger partial charge in [0, 0.05) is 0 Å². The molecule has 2 nitrogen and oxygen atoms in total. The van der Waals surface area contributed by atoms with E-state index in [0.717, 1.165) is 22.4 Å². The van der Waals surface area contributed by atoms with Gasteiger partial charge in [-0.15, -0.1) is 5.73 Å². The molecule has 3 aromatic carbocycles. The Kier molecular flexibility index (Phi) is 5.48. The van der Waals surface area contributed by atoms with Gasteiger partial charge < -0.3 is 9.05 Å². The van der Waals surface area contributed by atoms with E-state index in [2.05, 4.69) is 12.3 Å². The van der Waals surface area contributed by atoms with E-state index in [1.54, 1.807) is 0 Å². The molecule has 0 amide bonds. The Morgan fingerprint density at radius 3 is 1.50 bits per heavy atom. The van der Waals surface area contributed by atoms with Crippen LogP contribution in [0.5, 0.6) is 11.5 Å². The molecular formula is C21H17O2P. The van der Waals surface area contributed by atoms with Crippen molar-refractivity contribution >= 4 is 13.7 Å². The maximum atomic E-state index is 6.13. The van der Waals surface area contributed by atoms with Crippen LogP contribution >= 0.6 is 8.38 Å². The van der Waals surface area contributed by atoms with E-state index in [1.165, 1.54) is 0 Å². The van der Waals surface area contributed by atoms with Crippen LogP contribution in [-0.4, -0.2) is 0 Å². The summed E-state index contributed by atoms with van der Waals surface area (Å²) >= 11 is 0. The first kappa shape index (κ1) is 16.1. The van der Waals surface area contributed by atoms with Crippen LogP contribution in [0.2, 0.25) is 0 Å². The minimum Gasteiger partial charge on any atom is -0.435 e. The Balaban J connectivity index is 1.93. The Hall–Kier alpha value is -2.79. The summed E-state index contributed by atoms with van der Waals surface area (Å²) in [6.07, 6.45) is 0. The smallest absolute Gasteiger partial charge is 0.335 e. The van der Waals surface area contributed by atoms with Crippen LogP contribution in [-0.2, 0) is 0 Å². The van der Waals surface area contributed by atoms with Gasteiger partial charge in [-0.2, -0.15) is 0 Å². The molecule has 0 spiro atoms. The van der Waals surface area contributed by atoms with Gasteiger partial charge in [-0.1, -0.05) is 73.3 Å². The highest BCUT2D eigenvalue weighted by atomic mass is 31.2. The lowest BCUT2D eigenvalue weighted by Crippen LogP contribution is -1.98. The minimum absolute atomic E-state index is 0.753. The van der Waals surface area contributed by atoms with Crippen LogP contribution < -0.4 is 9.05 Å². The van der Waals surface area contributed by atoms with Gasteiger partial charge in [-0.3, -0.25) is 0 Å². The van der Waals surface area contributed by atoms with Crippen molar-refractivity contribution in [2.45, 2.75) is 0 Å². The Morgan fingerprint density at radius 1 is 0.667 bits per heavy atom. The van der Waals surface area contributed by atoms with Gasteiger partial charge in [0.2, 0.25) is 0 Å². The summed E-state index contributed by atoms with van der Waals surface area (Å²) in [5.74, 6) is 1.51. The number of hydrogen-bond acceptors (Lipinski definition) is 2. The van der Waals surface area contributed by atoms with Crippen molar-refractivity contribution < 1.29 is 9.05 Å². The highest BCUT2D eigenvalue weighted by molar-refractivity contribution is 7.59. The van der Waals surface area contributed by atoms with E-state index in [0.29, 0.717) is 0 Å². The molecule has 0 bridgehead atoms.